The van der Waals surface area contributed by atoms with Crippen molar-refractivity contribution in [1.29, 1.82) is 0 Å². The number of anilines is 1. The van der Waals surface area contributed by atoms with Gasteiger partial charge < -0.3 is 15.8 Å². The Morgan fingerprint density at radius 1 is 1.56 bits per heavy atom. The molecule has 0 spiro atoms. The minimum atomic E-state index is -0.671. The second-order valence-electron chi connectivity index (χ2n) is 2.63. The number of nitro groups is 1. The van der Waals surface area contributed by atoms with Crippen molar-refractivity contribution in [2.24, 2.45) is 0 Å². The summed E-state index contributed by atoms with van der Waals surface area (Å²) in [5, 5.41) is 22.4. The Hall–Kier alpha value is -1.62. The summed E-state index contributed by atoms with van der Waals surface area (Å²) < 4.78 is 1.56. The molecule has 16 heavy (non-hydrogen) atoms. The summed E-state index contributed by atoms with van der Waals surface area (Å²) in [4.78, 5) is 13.4. The fraction of sp³-hybridized carbons (Fsp3) is 0.200. The maximum Gasteiger partial charge on any atom is 0.492 e. The molecule has 0 fully saturated rings. The van der Waals surface area contributed by atoms with Crippen molar-refractivity contribution in [1.82, 2.24) is 25.0 Å². The number of aromatic nitrogens is 5. The highest BCUT2D eigenvalue weighted by molar-refractivity contribution is 9.10. The van der Waals surface area contributed by atoms with Crippen molar-refractivity contribution in [3.05, 3.63) is 19.9 Å². The van der Waals surface area contributed by atoms with Crippen LogP contribution < -0.4 is 5.73 Å². The third-order valence-electron chi connectivity index (χ3n) is 1.55. The predicted octanol–water partition coefficient (Wildman–Crippen LogP) is 0.431. The van der Waals surface area contributed by atoms with E-state index >= 15 is 0 Å². The van der Waals surface area contributed by atoms with Gasteiger partial charge in [0.1, 0.15) is 11.6 Å². The molecule has 0 aliphatic rings. The number of nitrogens with zero attached hydrogens (tertiary/aromatic N) is 6. The van der Waals surface area contributed by atoms with Gasteiger partial charge in [-0.25, -0.2) is 0 Å². The van der Waals surface area contributed by atoms with Gasteiger partial charge in [0.15, 0.2) is 0 Å². The first-order valence-electron chi connectivity index (χ1n) is 3.89. The molecule has 9 nitrogen and oxygen atoms in total. The molecular formula is C5H4BrN7O2S. The number of nitrogen functional groups attached to an aromatic ring is 1. The Kier molecular flexibility index (Phi) is 2.78. The van der Waals surface area contributed by atoms with E-state index < -0.39 is 10.9 Å². The quantitative estimate of drug-likeness (QED) is 0.643. The van der Waals surface area contributed by atoms with Crippen LogP contribution in [0.1, 0.15) is 5.01 Å². The lowest BCUT2D eigenvalue weighted by molar-refractivity contribution is -0.394. The molecule has 2 heterocycles. The van der Waals surface area contributed by atoms with Gasteiger partial charge in [-0.15, -0.1) is 10.2 Å². The van der Waals surface area contributed by atoms with Crippen molar-refractivity contribution in [2.45, 2.75) is 6.54 Å². The molecule has 84 valence electrons. The van der Waals surface area contributed by atoms with E-state index in [0.717, 1.165) is 0 Å². The molecule has 11 heteroatoms. The molecule has 0 bridgehead atoms. The second kappa shape index (κ2) is 4.09. The van der Waals surface area contributed by atoms with Crippen LogP contribution in [-0.2, 0) is 6.54 Å². The molecule has 2 aromatic heterocycles. The summed E-state index contributed by atoms with van der Waals surface area (Å²) in [6, 6.07) is 0. The molecule has 0 saturated carbocycles. The molecule has 0 atom stereocenters. The predicted molar refractivity (Wildman–Crippen MR) is 57.8 cm³/mol. The van der Waals surface area contributed by atoms with Crippen molar-refractivity contribution in [3.63, 3.8) is 0 Å². The Morgan fingerprint density at radius 3 is 2.81 bits per heavy atom. The maximum absolute atomic E-state index is 10.4. The molecule has 2 aromatic rings. The molecule has 0 aliphatic heterocycles. The first kappa shape index (κ1) is 10.9. The van der Waals surface area contributed by atoms with Crippen molar-refractivity contribution in [3.8, 4) is 0 Å². The van der Waals surface area contributed by atoms with Crippen molar-refractivity contribution in [2.75, 3.05) is 5.73 Å². The summed E-state index contributed by atoms with van der Waals surface area (Å²) in [7, 11) is 0. The Morgan fingerprint density at radius 2 is 2.31 bits per heavy atom. The van der Waals surface area contributed by atoms with Crippen LogP contribution >= 0.6 is 27.3 Å². The van der Waals surface area contributed by atoms with Gasteiger partial charge in [0.25, 0.3) is 4.73 Å². The van der Waals surface area contributed by atoms with Gasteiger partial charge in [-0.3, -0.25) is 0 Å². The van der Waals surface area contributed by atoms with Crippen LogP contribution in [0, 0.1) is 10.1 Å². The molecule has 0 saturated heterocycles. The van der Waals surface area contributed by atoms with Crippen LogP contribution in [0.3, 0.4) is 0 Å². The van der Waals surface area contributed by atoms with Crippen LogP contribution in [0.15, 0.2) is 4.73 Å². The fourth-order valence-electron chi connectivity index (χ4n) is 0.948. The van der Waals surface area contributed by atoms with Crippen LogP contribution in [0.25, 0.3) is 0 Å². The topological polar surface area (TPSA) is 126 Å². The van der Waals surface area contributed by atoms with E-state index in [1.54, 1.807) is 0 Å². The SMILES string of the molecule is Nc1nnc(Cn2nc([N+](=O)[O-])nc2Br)s1. The smallest absolute Gasteiger partial charge is 0.390 e. The highest BCUT2D eigenvalue weighted by Crippen LogP contribution is 2.16. The zero-order valence-corrected chi connectivity index (χ0v) is 9.97. The standard InChI is InChI=1S/C5H4BrN7O2S/c6-3-8-5(13(14)15)11-12(3)1-2-9-10-4(7)16-2/h1H2,(H2,7,10). The Balaban J connectivity index is 2.24. The first-order chi connectivity index (χ1) is 7.56. The van der Waals surface area contributed by atoms with E-state index in [0.29, 0.717) is 10.1 Å². The number of hydrogen-bond donors (Lipinski definition) is 1. The molecule has 0 unspecified atom stereocenters. The number of halogens is 1. The van der Waals surface area contributed by atoms with Crippen molar-refractivity contribution < 1.29 is 4.92 Å². The highest BCUT2D eigenvalue weighted by atomic mass is 79.9. The summed E-state index contributed by atoms with van der Waals surface area (Å²) >= 11 is 4.25. The summed E-state index contributed by atoms with van der Waals surface area (Å²) in [6.45, 7) is 0.232. The number of rotatable bonds is 3. The van der Waals surface area contributed by atoms with Gasteiger partial charge in [-0.2, -0.15) is 4.68 Å². The minimum Gasteiger partial charge on any atom is -0.390 e. The zero-order valence-electron chi connectivity index (χ0n) is 7.57. The van der Waals surface area contributed by atoms with E-state index in [1.165, 1.54) is 16.0 Å². The van der Waals surface area contributed by atoms with Gasteiger partial charge in [0, 0.05) is 21.0 Å². The van der Waals surface area contributed by atoms with E-state index in [9.17, 15) is 10.1 Å². The molecule has 2 rings (SSSR count). The van der Waals surface area contributed by atoms with Gasteiger partial charge in [-0.05, 0) is 9.91 Å². The Labute approximate surface area is 101 Å². The average molecular weight is 306 g/mol. The van der Waals surface area contributed by atoms with Crippen molar-refractivity contribution >= 4 is 38.3 Å². The average Bonchev–Trinajstić information content (AvgIpc) is 2.75. The van der Waals surface area contributed by atoms with Crippen LogP contribution in [0.4, 0.5) is 11.1 Å². The maximum atomic E-state index is 10.4. The molecule has 0 amide bonds. The molecular weight excluding hydrogens is 302 g/mol. The normalized spacial score (nSPS) is 10.6. The van der Waals surface area contributed by atoms with Gasteiger partial charge >= 0.3 is 5.95 Å². The largest absolute Gasteiger partial charge is 0.492 e. The van der Waals surface area contributed by atoms with E-state index in [1.807, 2.05) is 0 Å². The van der Waals surface area contributed by atoms with Crippen LogP contribution in [0.2, 0.25) is 0 Å². The summed E-state index contributed by atoms with van der Waals surface area (Å²) in [6.07, 6.45) is 0. The van der Waals surface area contributed by atoms with Crippen LogP contribution in [-0.4, -0.2) is 29.9 Å². The van der Waals surface area contributed by atoms with E-state index in [2.05, 4.69) is 36.2 Å². The molecule has 0 aliphatic carbocycles. The molecule has 0 radical (unpaired) electrons. The third-order valence-corrected chi connectivity index (χ3v) is 2.87. The summed E-state index contributed by atoms with van der Waals surface area (Å²) in [5.74, 6) is -0.468. The molecule has 2 N–H and O–H groups in total. The zero-order chi connectivity index (χ0) is 11.7. The monoisotopic (exact) mass is 305 g/mol. The van der Waals surface area contributed by atoms with Gasteiger partial charge in [0.05, 0.1) is 0 Å². The number of nitrogens with two attached hydrogens (primary N) is 1. The lowest BCUT2D eigenvalue weighted by Crippen LogP contribution is -2.02. The second-order valence-corrected chi connectivity index (χ2v) is 4.43. The number of hydrogen-bond acceptors (Lipinski definition) is 8. The van der Waals surface area contributed by atoms with Gasteiger partial charge in [-0.1, -0.05) is 11.3 Å². The lowest BCUT2D eigenvalue weighted by atomic mass is 10.7. The van der Waals surface area contributed by atoms with Gasteiger partial charge in [0.2, 0.25) is 5.13 Å². The third kappa shape index (κ3) is 2.14. The summed E-state index contributed by atoms with van der Waals surface area (Å²) in [5.41, 5.74) is 5.40. The fourth-order valence-corrected chi connectivity index (χ4v) is 1.90. The van der Waals surface area contributed by atoms with E-state index in [-0.39, 0.29) is 11.3 Å². The van der Waals surface area contributed by atoms with E-state index in [4.69, 9.17) is 5.73 Å². The first-order valence-corrected chi connectivity index (χ1v) is 5.50. The van der Waals surface area contributed by atoms with Crippen LogP contribution in [0.5, 0.6) is 0 Å². The molecule has 0 aromatic carbocycles. The minimum absolute atomic E-state index is 0.232. The Bertz CT molecular complexity index is 537. The highest BCUT2D eigenvalue weighted by Gasteiger charge is 2.20. The lowest BCUT2D eigenvalue weighted by Gasteiger charge is -1.90.